The Morgan fingerprint density at radius 1 is 0.344 bits per heavy atom. The van der Waals surface area contributed by atoms with E-state index >= 15 is 0 Å². The first-order valence-electron chi connectivity index (χ1n) is 20.7. The van der Waals surface area contributed by atoms with Gasteiger partial charge in [-0.15, -0.1) is 11.3 Å². The Bertz CT molecular complexity index is 3570. The minimum absolute atomic E-state index is 0.865. The highest BCUT2D eigenvalue weighted by atomic mass is 32.1. The maximum absolute atomic E-state index is 6.72. The number of hydrogen-bond donors (Lipinski definition) is 0. The van der Waals surface area contributed by atoms with Gasteiger partial charge in [0.2, 0.25) is 0 Å². The van der Waals surface area contributed by atoms with Crippen molar-refractivity contribution in [3.8, 4) is 44.5 Å². The van der Waals surface area contributed by atoms with Crippen molar-refractivity contribution in [3.05, 3.63) is 224 Å². The summed E-state index contributed by atoms with van der Waals surface area (Å²) in [5.41, 5.74) is 14.6. The molecule has 0 fully saturated rings. The summed E-state index contributed by atoms with van der Waals surface area (Å²) in [7, 11) is 0. The van der Waals surface area contributed by atoms with Gasteiger partial charge in [0, 0.05) is 42.3 Å². The van der Waals surface area contributed by atoms with Crippen molar-refractivity contribution in [2.75, 3.05) is 4.90 Å². The van der Waals surface area contributed by atoms with Gasteiger partial charge >= 0.3 is 0 Å². The van der Waals surface area contributed by atoms with Crippen molar-refractivity contribution in [2.24, 2.45) is 0 Å². The number of furan rings is 1. The molecule has 0 aliphatic rings. The predicted molar refractivity (Wildman–Crippen MR) is 261 cm³/mol. The van der Waals surface area contributed by atoms with Crippen molar-refractivity contribution in [1.82, 2.24) is 0 Å². The van der Waals surface area contributed by atoms with E-state index < -0.39 is 0 Å². The number of rotatable bonds is 7. The number of fused-ring (bicyclic) bond motifs is 8. The van der Waals surface area contributed by atoms with Gasteiger partial charge in [-0.1, -0.05) is 164 Å². The van der Waals surface area contributed by atoms with Crippen LogP contribution in [-0.4, -0.2) is 0 Å². The summed E-state index contributed by atoms with van der Waals surface area (Å²) < 4.78 is 9.34. The fourth-order valence-corrected chi connectivity index (χ4v) is 10.3. The van der Waals surface area contributed by atoms with Crippen LogP contribution >= 0.6 is 11.3 Å². The van der Waals surface area contributed by atoms with Gasteiger partial charge in [0.1, 0.15) is 11.2 Å². The van der Waals surface area contributed by atoms with E-state index in [9.17, 15) is 0 Å². The van der Waals surface area contributed by atoms with Crippen LogP contribution in [-0.2, 0) is 0 Å². The van der Waals surface area contributed by atoms with E-state index in [1.807, 2.05) is 11.3 Å². The second-order valence-electron chi connectivity index (χ2n) is 15.6. The minimum Gasteiger partial charge on any atom is -0.455 e. The highest BCUT2D eigenvalue weighted by Gasteiger charge is 2.21. The molecule has 0 bridgehead atoms. The number of hydrogen-bond acceptors (Lipinski definition) is 3. The van der Waals surface area contributed by atoms with Gasteiger partial charge in [0.25, 0.3) is 0 Å². The molecular formula is C58H37NOS. The molecule has 0 radical (unpaired) electrons. The third kappa shape index (κ3) is 6.01. The van der Waals surface area contributed by atoms with Gasteiger partial charge in [-0.05, 0) is 111 Å². The van der Waals surface area contributed by atoms with Crippen LogP contribution in [0.25, 0.3) is 97.4 Å². The molecule has 2 nitrogen and oxygen atoms in total. The molecule has 0 aliphatic heterocycles. The first kappa shape index (κ1) is 35.2. The molecule has 286 valence electrons. The van der Waals surface area contributed by atoms with Gasteiger partial charge < -0.3 is 9.32 Å². The molecule has 0 saturated heterocycles. The summed E-state index contributed by atoms with van der Waals surface area (Å²) in [4.78, 5) is 2.39. The normalized spacial score (nSPS) is 11.6. The largest absolute Gasteiger partial charge is 0.455 e. The van der Waals surface area contributed by atoms with Crippen LogP contribution in [0.5, 0.6) is 0 Å². The molecule has 0 amide bonds. The summed E-state index contributed by atoms with van der Waals surface area (Å²) in [6.07, 6.45) is 0. The van der Waals surface area contributed by atoms with E-state index in [1.165, 1.54) is 64.5 Å². The zero-order chi connectivity index (χ0) is 40.3. The predicted octanol–water partition coefficient (Wildman–Crippen LogP) is 17.2. The van der Waals surface area contributed by atoms with Crippen LogP contribution < -0.4 is 4.90 Å². The zero-order valence-corrected chi connectivity index (χ0v) is 33.9. The molecule has 2 aromatic heterocycles. The van der Waals surface area contributed by atoms with E-state index in [4.69, 9.17) is 4.42 Å². The van der Waals surface area contributed by atoms with Crippen molar-refractivity contribution < 1.29 is 4.42 Å². The maximum Gasteiger partial charge on any atom is 0.143 e. The maximum atomic E-state index is 6.72. The Kier molecular flexibility index (Phi) is 8.39. The highest BCUT2D eigenvalue weighted by Crippen LogP contribution is 2.46. The fraction of sp³-hybridized carbons (Fsp3) is 0. The van der Waals surface area contributed by atoms with E-state index in [2.05, 4.69) is 229 Å². The SMILES string of the molecule is c1ccc(-c2ccc(-c3ccc(N(c4ccc(-c5cccc6sc7ccccc7c56)cc4)c4cccc5oc6c7ccccc7ccc6c45)cc3)c(-c3ccccc3)c2)cc1. The molecule has 12 aromatic rings. The zero-order valence-electron chi connectivity index (χ0n) is 33.1. The van der Waals surface area contributed by atoms with Gasteiger partial charge in [-0.25, -0.2) is 0 Å². The fourth-order valence-electron chi connectivity index (χ4n) is 9.21. The average molecular weight is 796 g/mol. The van der Waals surface area contributed by atoms with E-state index in [-0.39, 0.29) is 0 Å². The van der Waals surface area contributed by atoms with Crippen LogP contribution in [0.1, 0.15) is 0 Å². The van der Waals surface area contributed by atoms with Crippen molar-refractivity contribution in [1.29, 1.82) is 0 Å². The van der Waals surface area contributed by atoms with Gasteiger partial charge in [0.05, 0.1) is 11.1 Å². The lowest BCUT2D eigenvalue weighted by atomic mass is 9.91. The highest BCUT2D eigenvalue weighted by molar-refractivity contribution is 7.25. The minimum atomic E-state index is 0.865. The first-order valence-corrected chi connectivity index (χ1v) is 21.6. The first-order chi connectivity index (χ1) is 30.2. The van der Waals surface area contributed by atoms with Crippen LogP contribution in [0, 0.1) is 0 Å². The van der Waals surface area contributed by atoms with Crippen molar-refractivity contribution in [3.63, 3.8) is 0 Å². The lowest BCUT2D eigenvalue weighted by Gasteiger charge is -2.27. The molecule has 61 heavy (non-hydrogen) atoms. The average Bonchev–Trinajstić information content (AvgIpc) is 3.92. The molecule has 2 heterocycles. The van der Waals surface area contributed by atoms with Crippen LogP contribution in [0.2, 0.25) is 0 Å². The molecular weight excluding hydrogens is 759 g/mol. The van der Waals surface area contributed by atoms with Crippen molar-refractivity contribution >= 4 is 81.3 Å². The second-order valence-corrected chi connectivity index (χ2v) is 16.7. The standard InChI is InChI=1S/C58H37NOS/c1-3-13-38(14-4-1)43-30-35-46(51(37-43)39-15-5-2-6-16-39)41-25-31-44(32-26-41)59(52-21-12-22-53-57(52)50-36-29-40-17-7-8-18-48(40)58(50)60-53)45-33-27-42(28-34-45)47-20-11-24-55-56(47)49-19-9-10-23-54(49)61-55/h1-37H. The smallest absolute Gasteiger partial charge is 0.143 e. The van der Waals surface area contributed by atoms with E-state index in [1.54, 1.807) is 0 Å². The molecule has 12 rings (SSSR count). The van der Waals surface area contributed by atoms with Crippen LogP contribution in [0.3, 0.4) is 0 Å². The molecule has 0 spiro atoms. The quantitative estimate of drug-likeness (QED) is 0.160. The number of thiophene rings is 1. The van der Waals surface area contributed by atoms with Gasteiger partial charge in [-0.2, -0.15) is 0 Å². The molecule has 0 saturated carbocycles. The van der Waals surface area contributed by atoms with Gasteiger partial charge in [0.15, 0.2) is 0 Å². The number of benzene rings is 10. The third-order valence-corrected chi connectivity index (χ3v) is 13.2. The number of anilines is 3. The summed E-state index contributed by atoms with van der Waals surface area (Å²) in [6, 6.07) is 81.1. The van der Waals surface area contributed by atoms with Gasteiger partial charge in [-0.3, -0.25) is 0 Å². The Morgan fingerprint density at radius 2 is 0.951 bits per heavy atom. The molecule has 0 unspecified atom stereocenters. The summed E-state index contributed by atoms with van der Waals surface area (Å²) in [6.45, 7) is 0. The Morgan fingerprint density at radius 3 is 1.72 bits per heavy atom. The molecule has 3 heteroatoms. The molecule has 0 aliphatic carbocycles. The lowest BCUT2D eigenvalue weighted by molar-refractivity contribution is 0.672. The summed E-state index contributed by atoms with van der Waals surface area (Å²) >= 11 is 1.86. The lowest BCUT2D eigenvalue weighted by Crippen LogP contribution is -2.10. The second kappa shape index (κ2) is 14.5. The van der Waals surface area contributed by atoms with E-state index in [0.29, 0.717) is 0 Å². The Hall–Kier alpha value is -7.72. The molecule has 10 aromatic carbocycles. The van der Waals surface area contributed by atoms with Crippen LogP contribution in [0.15, 0.2) is 229 Å². The topological polar surface area (TPSA) is 16.4 Å². The summed E-state index contributed by atoms with van der Waals surface area (Å²) in [5, 5.41) is 7.10. The Balaban J connectivity index is 1.02. The molecule has 0 atom stereocenters. The van der Waals surface area contributed by atoms with E-state index in [0.717, 1.165) is 50.0 Å². The number of nitrogens with zero attached hydrogens (tertiary/aromatic N) is 1. The van der Waals surface area contributed by atoms with Crippen LogP contribution in [0.4, 0.5) is 17.1 Å². The monoisotopic (exact) mass is 795 g/mol. The third-order valence-electron chi connectivity index (χ3n) is 12.1. The molecule has 0 N–H and O–H groups in total. The van der Waals surface area contributed by atoms with Crippen molar-refractivity contribution in [2.45, 2.75) is 0 Å². The summed E-state index contributed by atoms with van der Waals surface area (Å²) in [5.74, 6) is 0. The Labute approximate surface area is 357 Å².